The highest BCUT2D eigenvalue weighted by Crippen LogP contribution is 2.27. The van der Waals surface area contributed by atoms with Gasteiger partial charge in [0, 0.05) is 31.5 Å². The Kier molecular flexibility index (Phi) is 6.87. The molecule has 1 aliphatic rings. The highest BCUT2D eigenvalue weighted by atomic mass is 16.3. The van der Waals surface area contributed by atoms with Gasteiger partial charge in [0.1, 0.15) is 5.78 Å². The van der Waals surface area contributed by atoms with E-state index >= 15 is 0 Å². The highest BCUT2D eigenvalue weighted by molar-refractivity contribution is 5.81. The predicted octanol–water partition coefficient (Wildman–Crippen LogP) is 2.47. The average molecular weight is 255 g/mol. The smallest absolute Gasteiger partial charge is 0.137 e. The molecule has 0 aliphatic heterocycles. The Labute approximate surface area is 112 Å². The van der Waals surface area contributed by atoms with Crippen LogP contribution in [0.1, 0.15) is 52.9 Å². The van der Waals surface area contributed by atoms with E-state index in [9.17, 15) is 9.90 Å². The van der Waals surface area contributed by atoms with Crippen LogP contribution in [0.3, 0.4) is 0 Å². The summed E-state index contributed by atoms with van der Waals surface area (Å²) in [5.74, 6) is 1.30. The third kappa shape index (κ3) is 4.36. The Morgan fingerprint density at radius 1 is 1.39 bits per heavy atom. The average Bonchev–Trinajstić information content (AvgIpc) is 2.35. The summed E-state index contributed by atoms with van der Waals surface area (Å²) in [6, 6.07) is 0.502. The Morgan fingerprint density at radius 2 is 2.06 bits per heavy atom. The van der Waals surface area contributed by atoms with Crippen molar-refractivity contribution in [3.05, 3.63) is 0 Å². The molecule has 0 heterocycles. The largest absolute Gasteiger partial charge is 0.395 e. The van der Waals surface area contributed by atoms with Crippen molar-refractivity contribution in [2.24, 2.45) is 11.8 Å². The molecule has 106 valence electrons. The van der Waals surface area contributed by atoms with E-state index in [-0.39, 0.29) is 12.5 Å². The van der Waals surface area contributed by atoms with Gasteiger partial charge in [0.05, 0.1) is 6.61 Å². The number of carbonyl (C=O) groups is 1. The number of aliphatic hydroxyl groups excluding tert-OH is 1. The van der Waals surface area contributed by atoms with E-state index in [2.05, 4.69) is 25.7 Å². The Morgan fingerprint density at radius 3 is 2.61 bits per heavy atom. The van der Waals surface area contributed by atoms with Gasteiger partial charge in [-0.1, -0.05) is 20.8 Å². The second kappa shape index (κ2) is 7.90. The minimum atomic E-state index is 0.187. The molecule has 1 fully saturated rings. The molecule has 0 amide bonds. The van der Waals surface area contributed by atoms with E-state index in [0.29, 0.717) is 24.3 Å². The van der Waals surface area contributed by atoms with Crippen LogP contribution in [0.15, 0.2) is 0 Å². The van der Waals surface area contributed by atoms with Gasteiger partial charge in [0.25, 0.3) is 0 Å². The fourth-order valence-electron chi connectivity index (χ4n) is 3.14. The summed E-state index contributed by atoms with van der Waals surface area (Å²) in [5.41, 5.74) is 0. The summed E-state index contributed by atoms with van der Waals surface area (Å²) in [5, 5.41) is 9.20. The first-order chi connectivity index (χ1) is 8.62. The van der Waals surface area contributed by atoms with E-state index in [4.69, 9.17) is 0 Å². The van der Waals surface area contributed by atoms with Crippen LogP contribution in [0, 0.1) is 11.8 Å². The number of ketones is 1. The maximum absolute atomic E-state index is 12.0. The molecule has 0 aromatic rings. The molecule has 0 spiro atoms. The number of aliphatic hydroxyl groups is 1. The SMILES string of the molecule is CCC(CC)N(CCO)CC1CC(C)CCC1=O. The van der Waals surface area contributed by atoms with E-state index in [1.54, 1.807) is 0 Å². The number of hydrogen-bond donors (Lipinski definition) is 1. The Bertz CT molecular complexity index is 251. The molecule has 2 unspecified atom stereocenters. The molecule has 0 bridgehead atoms. The van der Waals surface area contributed by atoms with Gasteiger partial charge in [0.15, 0.2) is 0 Å². The molecular weight excluding hydrogens is 226 g/mol. The van der Waals surface area contributed by atoms with Gasteiger partial charge >= 0.3 is 0 Å². The molecule has 1 saturated carbocycles. The van der Waals surface area contributed by atoms with Crippen molar-refractivity contribution in [2.45, 2.75) is 58.9 Å². The molecule has 3 nitrogen and oxygen atoms in total. The summed E-state index contributed by atoms with van der Waals surface area (Å²) >= 11 is 0. The zero-order chi connectivity index (χ0) is 13.5. The molecule has 0 radical (unpaired) electrons. The topological polar surface area (TPSA) is 40.5 Å². The van der Waals surface area contributed by atoms with Gasteiger partial charge < -0.3 is 5.11 Å². The second-order valence-corrected chi connectivity index (χ2v) is 5.73. The van der Waals surface area contributed by atoms with Gasteiger partial charge in [-0.3, -0.25) is 9.69 Å². The molecule has 2 atom stereocenters. The van der Waals surface area contributed by atoms with E-state index in [0.717, 1.165) is 38.6 Å². The summed E-state index contributed by atoms with van der Waals surface area (Å²) in [6.45, 7) is 8.34. The van der Waals surface area contributed by atoms with Crippen molar-refractivity contribution in [1.29, 1.82) is 0 Å². The molecule has 0 aromatic heterocycles. The number of hydrogen-bond acceptors (Lipinski definition) is 3. The first kappa shape index (κ1) is 15.6. The van der Waals surface area contributed by atoms with Crippen LogP contribution >= 0.6 is 0 Å². The second-order valence-electron chi connectivity index (χ2n) is 5.73. The first-order valence-electron chi connectivity index (χ1n) is 7.49. The third-order valence-electron chi connectivity index (χ3n) is 4.33. The van der Waals surface area contributed by atoms with E-state index in [1.807, 2.05) is 0 Å². The lowest BCUT2D eigenvalue weighted by molar-refractivity contribution is -0.126. The maximum Gasteiger partial charge on any atom is 0.137 e. The number of carbonyl (C=O) groups excluding carboxylic acids is 1. The summed E-state index contributed by atoms with van der Waals surface area (Å²) in [4.78, 5) is 14.3. The van der Waals surface area contributed by atoms with Crippen LogP contribution in [-0.2, 0) is 4.79 Å². The lowest BCUT2D eigenvalue weighted by Crippen LogP contribution is -2.43. The van der Waals surface area contributed by atoms with Crippen molar-refractivity contribution < 1.29 is 9.90 Å². The fraction of sp³-hybridized carbons (Fsp3) is 0.933. The minimum absolute atomic E-state index is 0.187. The standard InChI is InChI=1S/C15H29NO2/c1-4-14(5-2)16(8-9-17)11-13-10-12(3)6-7-15(13)18/h12-14,17H,4-11H2,1-3H3. The van der Waals surface area contributed by atoms with Crippen molar-refractivity contribution >= 4 is 5.78 Å². The van der Waals surface area contributed by atoms with Crippen molar-refractivity contribution in [3.63, 3.8) is 0 Å². The predicted molar refractivity (Wildman–Crippen MR) is 74.5 cm³/mol. The van der Waals surface area contributed by atoms with Crippen LogP contribution in [0.2, 0.25) is 0 Å². The minimum Gasteiger partial charge on any atom is -0.395 e. The monoisotopic (exact) mass is 255 g/mol. The number of nitrogens with zero attached hydrogens (tertiary/aromatic N) is 1. The van der Waals surface area contributed by atoms with Crippen LogP contribution in [-0.4, -0.2) is 41.5 Å². The Balaban J connectivity index is 2.60. The van der Waals surface area contributed by atoms with Crippen LogP contribution in [0.25, 0.3) is 0 Å². The van der Waals surface area contributed by atoms with Gasteiger partial charge in [-0.2, -0.15) is 0 Å². The van der Waals surface area contributed by atoms with Crippen molar-refractivity contribution in [1.82, 2.24) is 4.90 Å². The molecule has 0 aromatic carbocycles. The summed E-state index contributed by atoms with van der Waals surface area (Å²) in [6.07, 6.45) is 5.02. The maximum atomic E-state index is 12.0. The first-order valence-corrected chi connectivity index (χ1v) is 7.49. The van der Waals surface area contributed by atoms with Gasteiger partial charge in [0.2, 0.25) is 0 Å². The third-order valence-corrected chi connectivity index (χ3v) is 4.33. The van der Waals surface area contributed by atoms with Crippen LogP contribution in [0.4, 0.5) is 0 Å². The fourth-order valence-corrected chi connectivity index (χ4v) is 3.14. The van der Waals surface area contributed by atoms with E-state index in [1.165, 1.54) is 0 Å². The zero-order valence-corrected chi connectivity index (χ0v) is 12.2. The molecule has 3 heteroatoms. The highest BCUT2D eigenvalue weighted by Gasteiger charge is 2.29. The molecule has 1 N–H and O–H groups in total. The number of rotatable bonds is 7. The van der Waals surface area contributed by atoms with Gasteiger partial charge in [-0.05, 0) is 31.6 Å². The summed E-state index contributed by atoms with van der Waals surface area (Å²) in [7, 11) is 0. The van der Waals surface area contributed by atoms with Crippen LogP contribution < -0.4 is 0 Å². The molecule has 1 rings (SSSR count). The van der Waals surface area contributed by atoms with Crippen molar-refractivity contribution in [2.75, 3.05) is 19.7 Å². The molecule has 18 heavy (non-hydrogen) atoms. The molecule has 1 aliphatic carbocycles. The number of Topliss-reactive ketones (excluding diaryl/α,β-unsaturated/α-hetero) is 1. The van der Waals surface area contributed by atoms with Gasteiger partial charge in [-0.15, -0.1) is 0 Å². The molecular formula is C15H29NO2. The summed E-state index contributed by atoms with van der Waals surface area (Å²) < 4.78 is 0. The Hall–Kier alpha value is -0.410. The van der Waals surface area contributed by atoms with Crippen LogP contribution in [0.5, 0.6) is 0 Å². The molecule has 0 saturated heterocycles. The van der Waals surface area contributed by atoms with Gasteiger partial charge in [-0.25, -0.2) is 0 Å². The lowest BCUT2D eigenvalue weighted by atomic mass is 9.81. The lowest BCUT2D eigenvalue weighted by Gasteiger charge is -2.35. The zero-order valence-electron chi connectivity index (χ0n) is 12.2. The normalized spacial score (nSPS) is 25.1. The quantitative estimate of drug-likeness (QED) is 0.760. The van der Waals surface area contributed by atoms with E-state index < -0.39 is 0 Å². The van der Waals surface area contributed by atoms with Crippen molar-refractivity contribution in [3.8, 4) is 0 Å².